The molecule has 0 aliphatic carbocycles. The molecule has 11 heteroatoms. The van der Waals surface area contributed by atoms with E-state index >= 15 is 0 Å². The highest BCUT2D eigenvalue weighted by molar-refractivity contribution is 7.89. The lowest BCUT2D eigenvalue weighted by atomic mass is 9.98. The molecule has 0 fully saturated rings. The predicted molar refractivity (Wildman–Crippen MR) is 123 cm³/mol. The molecule has 4 aromatic rings. The summed E-state index contributed by atoms with van der Waals surface area (Å²) in [6.07, 6.45) is -3.31. The number of nitrogens with zero attached hydrogens (tertiary/aromatic N) is 2. The molecule has 1 unspecified atom stereocenters. The Balaban J connectivity index is 2.06. The first-order valence-electron chi connectivity index (χ1n) is 9.79. The van der Waals surface area contributed by atoms with E-state index in [2.05, 4.69) is 5.10 Å². The second-order valence-corrected chi connectivity index (χ2v) is 10.3. The van der Waals surface area contributed by atoms with Crippen molar-refractivity contribution in [2.45, 2.75) is 16.0 Å². The molecule has 2 N–H and O–H groups in total. The average Bonchev–Trinajstić information content (AvgIpc) is 3.20. The minimum Gasteiger partial charge on any atom is -0.255 e. The van der Waals surface area contributed by atoms with Crippen LogP contribution in [-0.4, -0.2) is 28.7 Å². The molecule has 0 bridgehead atoms. The van der Waals surface area contributed by atoms with Crippen molar-refractivity contribution in [1.29, 1.82) is 0 Å². The minimum absolute atomic E-state index is 0.116. The molecule has 0 spiro atoms. The molecule has 0 aliphatic rings. The van der Waals surface area contributed by atoms with Gasteiger partial charge in [-0.2, -0.15) is 18.3 Å². The first-order valence-corrected chi connectivity index (χ1v) is 12.9. The predicted octanol–water partition coefficient (Wildman–Crippen LogP) is 4.61. The van der Waals surface area contributed by atoms with Crippen molar-refractivity contribution >= 4 is 20.8 Å². The fourth-order valence-electron chi connectivity index (χ4n) is 3.53. The van der Waals surface area contributed by atoms with Gasteiger partial charge in [-0.3, -0.25) is 4.21 Å². The van der Waals surface area contributed by atoms with Gasteiger partial charge in [-0.05, 0) is 42.0 Å². The second-order valence-electron chi connectivity index (χ2n) is 7.37. The van der Waals surface area contributed by atoms with Gasteiger partial charge >= 0.3 is 6.18 Å². The van der Waals surface area contributed by atoms with Crippen LogP contribution < -0.4 is 5.14 Å². The van der Waals surface area contributed by atoms with Crippen molar-refractivity contribution in [1.82, 2.24) is 9.78 Å². The zero-order valence-corrected chi connectivity index (χ0v) is 19.3. The van der Waals surface area contributed by atoms with Crippen LogP contribution in [0.25, 0.3) is 28.1 Å². The number of alkyl halides is 3. The van der Waals surface area contributed by atoms with Crippen LogP contribution in [0.1, 0.15) is 5.69 Å². The molecule has 0 saturated heterocycles. The first kappa shape index (κ1) is 23.9. The second kappa shape index (κ2) is 8.82. The molecule has 0 amide bonds. The first-order chi connectivity index (χ1) is 16.0. The number of nitrogens with two attached hydrogens (primary N) is 1. The summed E-state index contributed by atoms with van der Waals surface area (Å²) in [6, 6.07) is 19.4. The van der Waals surface area contributed by atoms with Crippen LogP contribution in [0, 0.1) is 0 Å². The summed E-state index contributed by atoms with van der Waals surface area (Å²) in [5.41, 5.74) is -0.270. The van der Waals surface area contributed by atoms with Crippen molar-refractivity contribution < 1.29 is 25.8 Å². The maximum atomic E-state index is 14.2. The lowest BCUT2D eigenvalue weighted by molar-refractivity contribution is -0.140. The van der Waals surface area contributed by atoms with Crippen LogP contribution >= 0.6 is 0 Å². The van der Waals surface area contributed by atoms with Crippen molar-refractivity contribution in [3.05, 3.63) is 84.6 Å². The highest BCUT2D eigenvalue weighted by atomic mass is 32.2. The van der Waals surface area contributed by atoms with Gasteiger partial charge in [-0.1, -0.05) is 42.5 Å². The van der Waals surface area contributed by atoms with E-state index in [-0.39, 0.29) is 21.7 Å². The van der Waals surface area contributed by atoms with Crippen LogP contribution in [0.15, 0.2) is 88.7 Å². The van der Waals surface area contributed by atoms with Gasteiger partial charge in [0.2, 0.25) is 10.0 Å². The zero-order valence-electron chi connectivity index (χ0n) is 17.7. The van der Waals surface area contributed by atoms with Gasteiger partial charge in [0.05, 0.1) is 16.3 Å². The zero-order chi connectivity index (χ0) is 24.7. The fourth-order valence-corrected chi connectivity index (χ4v) is 4.56. The van der Waals surface area contributed by atoms with Gasteiger partial charge in [0, 0.05) is 33.1 Å². The Morgan fingerprint density at radius 2 is 1.44 bits per heavy atom. The standard InChI is InChI=1S/C23H18F3N3O3S2/c1-33(30)18-11-7-15(8-12-18)20-21(16-9-13-19(14-10-16)34(27,31)32)29(17-5-3-2-4-6-17)28-22(20)23(24,25)26/h2-14H,1H3,(H2,27,31,32). The summed E-state index contributed by atoms with van der Waals surface area (Å²) in [6.45, 7) is 0. The van der Waals surface area contributed by atoms with E-state index in [1.54, 1.807) is 30.3 Å². The van der Waals surface area contributed by atoms with Gasteiger partial charge in [0.15, 0.2) is 5.69 Å². The number of halogens is 3. The molecule has 1 atom stereocenters. The Bertz CT molecular complexity index is 1460. The van der Waals surface area contributed by atoms with Crippen LogP contribution in [-0.2, 0) is 27.0 Å². The maximum absolute atomic E-state index is 14.2. The number of para-hydroxylation sites is 1. The Hall–Kier alpha value is -3.28. The third-order valence-corrected chi connectivity index (χ3v) is 6.95. The summed E-state index contributed by atoms with van der Waals surface area (Å²) >= 11 is 0. The smallest absolute Gasteiger partial charge is 0.255 e. The summed E-state index contributed by atoms with van der Waals surface area (Å²) < 4.78 is 78.8. The SMILES string of the molecule is CS(=O)c1ccc(-c2c(C(F)(F)F)nn(-c3ccccc3)c2-c2ccc(S(N)(=O)=O)cc2)cc1. The summed E-state index contributed by atoms with van der Waals surface area (Å²) in [7, 11) is -5.29. The summed E-state index contributed by atoms with van der Waals surface area (Å²) in [5.74, 6) is 0. The summed E-state index contributed by atoms with van der Waals surface area (Å²) in [5, 5.41) is 9.09. The number of hydrogen-bond donors (Lipinski definition) is 1. The van der Waals surface area contributed by atoms with Gasteiger partial charge in [-0.25, -0.2) is 18.2 Å². The molecule has 0 saturated carbocycles. The quantitative estimate of drug-likeness (QED) is 0.429. The van der Waals surface area contributed by atoms with Crippen LogP contribution in [0.3, 0.4) is 0 Å². The molecule has 6 nitrogen and oxygen atoms in total. The van der Waals surface area contributed by atoms with E-state index in [1.807, 2.05) is 0 Å². The van der Waals surface area contributed by atoms with E-state index in [9.17, 15) is 25.8 Å². The monoisotopic (exact) mass is 505 g/mol. The lowest BCUT2D eigenvalue weighted by Crippen LogP contribution is -2.11. The molecule has 1 heterocycles. The Labute approximate surface area is 196 Å². The molecule has 176 valence electrons. The number of primary sulfonamides is 1. The van der Waals surface area contributed by atoms with Crippen molar-refractivity contribution in [2.24, 2.45) is 5.14 Å². The van der Waals surface area contributed by atoms with Gasteiger partial charge in [-0.15, -0.1) is 0 Å². The molecule has 1 aromatic heterocycles. The summed E-state index contributed by atoms with van der Waals surface area (Å²) in [4.78, 5) is 0.293. The third-order valence-electron chi connectivity index (χ3n) is 5.09. The third kappa shape index (κ3) is 4.67. The molecule has 0 radical (unpaired) electrons. The normalized spacial score (nSPS) is 13.1. The number of hydrogen-bond acceptors (Lipinski definition) is 4. The van der Waals surface area contributed by atoms with Crippen molar-refractivity contribution in [2.75, 3.05) is 6.26 Å². The van der Waals surface area contributed by atoms with Crippen molar-refractivity contribution in [3.63, 3.8) is 0 Å². The Kier molecular flexibility index (Phi) is 6.19. The van der Waals surface area contributed by atoms with Crippen LogP contribution in [0.4, 0.5) is 13.2 Å². The number of benzene rings is 3. The topological polar surface area (TPSA) is 95.0 Å². The molecule has 4 rings (SSSR count). The van der Waals surface area contributed by atoms with Crippen LogP contribution in [0.5, 0.6) is 0 Å². The van der Waals surface area contributed by atoms with E-state index in [4.69, 9.17) is 5.14 Å². The maximum Gasteiger partial charge on any atom is 0.435 e. The number of rotatable bonds is 5. The molecule has 0 aliphatic heterocycles. The largest absolute Gasteiger partial charge is 0.435 e. The lowest BCUT2D eigenvalue weighted by Gasteiger charge is -2.12. The van der Waals surface area contributed by atoms with E-state index in [0.717, 1.165) is 0 Å². The van der Waals surface area contributed by atoms with E-state index in [0.29, 0.717) is 16.1 Å². The van der Waals surface area contributed by atoms with Gasteiger partial charge < -0.3 is 0 Å². The fraction of sp³-hybridized carbons (Fsp3) is 0.0870. The molecule has 3 aromatic carbocycles. The highest BCUT2D eigenvalue weighted by Crippen LogP contribution is 2.43. The minimum atomic E-state index is -4.78. The number of sulfonamides is 1. The van der Waals surface area contributed by atoms with Crippen molar-refractivity contribution in [3.8, 4) is 28.1 Å². The molecule has 34 heavy (non-hydrogen) atoms. The van der Waals surface area contributed by atoms with Gasteiger partial charge in [0.1, 0.15) is 0 Å². The molecular formula is C23H18F3N3O3S2. The number of aromatic nitrogens is 2. The highest BCUT2D eigenvalue weighted by Gasteiger charge is 2.40. The Morgan fingerprint density at radius 1 is 0.882 bits per heavy atom. The van der Waals surface area contributed by atoms with E-state index in [1.165, 1.54) is 59.5 Å². The molecular weight excluding hydrogens is 487 g/mol. The van der Waals surface area contributed by atoms with Gasteiger partial charge in [0.25, 0.3) is 0 Å². The average molecular weight is 506 g/mol. The van der Waals surface area contributed by atoms with E-state index < -0.39 is 32.7 Å². The van der Waals surface area contributed by atoms with Crippen LogP contribution in [0.2, 0.25) is 0 Å². The Morgan fingerprint density at radius 3 is 1.94 bits per heavy atom.